The number of aromatic amines is 1. The summed E-state index contributed by atoms with van der Waals surface area (Å²) in [5.74, 6) is -1.73. The fourth-order valence-corrected chi connectivity index (χ4v) is 4.69. The van der Waals surface area contributed by atoms with Crippen LogP contribution in [0.4, 0.5) is 14.6 Å². The molecule has 5 rings (SSSR count). The molecule has 0 atom stereocenters. The lowest BCUT2D eigenvalue weighted by Crippen LogP contribution is -2.43. The number of nitrogens with zero attached hydrogens (tertiary/aromatic N) is 6. The van der Waals surface area contributed by atoms with Gasteiger partial charge in [-0.25, -0.2) is 28.5 Å². The third-order valence-electron chi connectivity index (χ3n) is 6.39. The lowest BCUT2D eigenvalue weighted by molar-refractivity contribution is -0.0118. The summed E-state index contributed by atoms with van der Waals surface area (Å²) in [6, 6.07) is 0. The Labute approximate surface area is 176 Å². The Kier molecular flexibility index (Phi) is 4.98. The zero-order valence-electron chi connectivity index (χ0n) is 17.4. The van der Waals surface area contributed by atoms with Crippen LogP contribution < -0.4 is 10.7 Å². The van der Waals surface area contributed by atoms with Crippen LogP contribution in [0.5, 0.6) is 0 Å². The number of rotatable bonds is 4. The van der Waals surface area contributed by atoms with Gasteiger partial charge in [0.05, 0.1) is 12.9 Å². The summed E-state index contributed by atoms with van der Waals surface area (Å²) in [4.78, 5) is 28.8. The smallest absolute Gasteiger partial charge is 0.349 e. The Hall–Kier alpha value is -2.85. The highest BCUT2D eigenvalue weighted by molar-refractivity contribution is 5.85. The van der Waals surface area contributed by atoms with Gasteiger partial charge in [-0.15, -0.1) is 0 Å². The van der Waals surface area contributed by atoms with Crippen molar-refractivity contribution in [1.29, 1.82) is 0 Å². The number of imidazole rings is 1. The number of aromatic nitrogens is 6. The highest BCUT2D eigenvalue weighted by atomic mass is 19.3. The van der Waals surface area contributed by atoms with Crippen LogP contribution in [-0.2, 0) is 6.54 Å². The summed E-state index contributed by atoms with van der Waals surface area (Å²) >= 11 is 0. The second-order valence-corrected chi connectivity index (χ2v) is 8.89. The number of hydrogen-bond acceptors (Lipinski definition) is 7. The van der Waals surface area contributed by atoms with Crippen molar-refractivity contribution < 1.29 is 13.3 Å². The minimum absolute atomic E-state index is 0.0488. The van der Waals surface area contributed by atoms with Gasteiger partial charge in [-0.3, -0.25) is 9.51 Å². The number of anilines is 1. The molecule has 2 fully saturated rings. The Morgan fingerprint density at radius 1 is 1.26 bits per heavy atom. The fraction of sp³-hybridized carbons (Fsp3) is 0.650. The summed E-state index contributed by atoms with van der Waals surface area (Å²) in [7, 11) is 0. The van der Waals surface area contributed by atoms with Crippen molar-refractivity contribution >= 4 is 17.0 Å². The average Bonchev–Trinajstić information content (AvgIpc) is 3.35. The first-order valence-electron chi connectivity index (χ1n) is 10.8. The molecule has 11 heteroatoms. The van der Waals surface area contributed by atoms with E-state index in [4.69, 9.17) is 0 Å². The summed E-state index contributed by atoms with van der Waals surface area (Å²) in [5, 5.41) is 3.65. The minimum Gasteiger partial charge on any atom is -0.349 e. The molecule has 0 spiro atoms. The molecule has 3 aromatic heterocycles. The number of fused-ring (bicyclic) bond motifs is 1. The zero-order chi connectivity index (χ0) is 21.6. The van der Waals surface area contributed by atoms with Gasteiger partial charge in [-0.2, -0.15) is 0 Å². The predicted octanol–water partition coefficient (Wildman–Crippen LogP) is 3.23. The van der Waals surface area contributed by atoms with Crippen molar-refractivity contribution in [3.63, 3.8) is 0 Å². The summed E-state index contributed by atoms with van der Waals surface area (Å²) in [5.41, 5.74) is 1.04. The van der Waals surface area contributed by atoms with Crippen LogP contribution in [-0.4, -0.2) is 48.7 Å². The molecular formula is C20H25F2N7O2. The Morgan fingerprint density at radius 3 is 2.77 bits per heavy atom. The molecule has 1 aliphatic heterocycles. The van der Waals surface area contributed by atoms with Crippen molar-refractivity contribution in [2.75, 3.05) is 18.0 Å². The Morgan fingerprint density at radius 2 is 2.06 bits per heavy atom. The van der Waals surface area contributed by atoms with E-state index in [1.807, 2.05) is 4.57 Å². The normalized spacial score (nSPS) is 24.0. The van der Waals surface area contributed by atoms with Gasteiger partial charge in [0, 0.05) is 19.5 Å². The molecule has 9 nitrogen and oxygen atoms in total. The maximum atomic E-state index is 14.2. The maximum Gasteiger partial charge on any atom is 0.439 e. The third-order valence-corrected chi connectivity index (χ3v) is 6.39. The molecule has 1 N–H and O–H groups in total. The number of hydrogen-bond donors (Lipinski definition) is 1. The van der Waals surface area contributed by atoms with Gasteiger partial charge in [-0.05, 0) is 31.1 Å². The molecule has 4 heterocycles. The van der Waals surface area contributed by atoms with E-state index in [0.717, 1.165) is 25.3 Å². The van der Waals surface area contributed by atoms with Crippen LogP contribution >= 0.6 is 0 Å². The van der Waals surface area contributed by atoms with Crippen molar-refractivity contribution in [1.82, 2.24) is 29.7 Å². The first-order chi connectivity index (χ1) is 14.9. The van der Waals surface area contributed by atoms with Crippen LogP contribution in [0.2, 0.25) is 0 Å². The number of piperidine rings is 1. The van der Waals surface area contributed by atoms with Crippen molar-refractivity contribution in [2.45, 2.75) is 57.9 Å². The lowest BCUT2D eigenvalue weighted by atomic mass is 9.83. The molecule has 0 bridgehead atoms. The molecule has 0 aromatic carbocycles. The standard InChI is InChI=1S/C20H25F2N7O2/c1-12-3-5-13(6-4-12)9-29-11-23-15-14(29)18(28-8-2-7-20(21,22)10-28)25-16(24-15)17-26-19(30)31-27-17/h11-13H,2-10H2,1H3,(H,26,27,30). The van der Waals surface area contributed by atoms with E-state index >= 15 is 0 Å². The number of nitrogens with one attached hydrogen (secondary N) is 1. The fourth-order valence-electron chi connectivity index (χ4n) is 4.69. The summed E-state index contributed by atoms with van der Waals surface area (Å²) in [6.07, 6.45) is 6.60. The second-order valence-electron chi connectivity index (χ2n) is 8.89. The third kappa shape index (κ3) is 4.05. The molecule has 0 unspecified atom stereocenters. The van der Waals surface area contributed by atoms with Gasteiger partial charge < -0.3 is 9.47 Å². The van der Waals surface area contributed by atoms with Crippen molar-refractivity contribution in [3.05, 3.63) is 16.9 Å². The van der Waals surface area contributed by atoms with Crippen LogP contribution in [0.25, 0.3) is 22.8 Å². The monoisotopic (exact) mass is 433 g/mol. The predicted molar refractivity (Wildman–Crippen MR) is 109 cm³/mol. The Balaban J connectivity index is 1.57. The first-order valence-corrected chi connectivity index (χ1v) is 10.8. The molecule has 0 amide bonds. The van der Waals surface area contributed by atoms with Gasteiger partial charge in [0.25, 0.3) is 5.92 Å². The molecule has 1 aliphatic carbocycles. The summed E-state index contributed by atoms with van der Waals surface area (Å²) < 4.78 is 35.0. The second kappa shape index (κ2) is 7.69. The number of H-pyrrole nitrogens is 1. The van der Waals surface area contributed by atoms with Crippen molar-refractivity contribution in [2.24, 2.45) is 11.8 Å². The summed E-state index contributed by atoms with van der Waals surface area (Å²) in [6.45, 7) is 3.08. The van der Waals surface area contributed by atoms with E-state index in [-0.39, 0.29) is 18.1 Å². The van der Waals surface area contributed by atoms with Gasteiger partial charge >= 0.3 is 5.76 Å². The molecule has 1 saturated carbocycles. The molecule has 166 valence electrons. The number of alkyl halides is 2. The van der Waals surface area contributed by atoms with E-state index in [0.29, 0.717) is 35.9 Å². The lowest BCUT2D eigenvalue weighted by Gasteiger charge is -2.34. The number of halogens is 2. The van der Waals surface area contributed by atoms with Gasteiger partial charge in [-0.1, -0.05) is 24.9 Å². The SMILES string of the molecule is CC1CCC(Cn2cnc3nc(-c4noc(=O)[nH]4)nc(N4CCCC(F)(F)C4)c32)CC1. The zero-order valence-corrected chi connectivity index (χ0v) is 17.4. The molecular weight excluding hydrogens is 408 g/mol. The van der Waals surface area contributed by atoms with E-state index in [1.165, 1.54) is 12.8 Å². The average molecular weight is 433 g/mol. The van der Waals surface area contributed by atoms with Crippen molar-refractivity contribution in [3.8, 4) is 11.6 Å². The minimum atomic E-state index is -2.79. The van der Waals surface area contributed by atoms with Crippen LogP contribution in [0.15, 0.2) is 15.6 Å². The van der Waals surface area contributed by atoms with Gasteiger partial charge in [0.2, 0.25) is 11.6 Å². The quantitative estimate of drug-likeness (QED) is 0.673. The van der Waals surface area contributed by atoms with E-state index in [2.05, 4.69) is 36.5 Å². The highest BCUT2D eigenvalue weighted by Crippen LogP contribution is 2.35. The van der Waals surface area contributed by atoms with Crippen LogP contribution in [0, 0.1) is 11.8 Å². The van der Waals surface area contributed by atoms with Gasteiger partial charge in [0.1, 0.15) is 5.52 Å². The highest BCUT2D eigenvalue weighted by Gasteiger charge is 2.37. The molecule has 0 radical (unpaired) electrons. The van der Waals surface area contributed by atoms with E-state index in [9.17, 15) is 13.6 Å². The molecule has 31 heavy (non-hydrogen) atoms. The largest absolute Gasteiger partial charge is 0.439 e. The van der Waals surface area contributed by atoms with Crippen LogP contribution in [0.3, 0.4) is 0 Å². The first kappa shape index (κ1) is 20.1. The Bertz CT molecular complexity index is 1130. The topological polar surface area (TPSA) is 106 Å². The van der Waals surface area contributed by atoms with E-state index < -0.39 is 18.2 Å². The molecule has 3 aromatic rings. The maximum absolute atomic E-state index is 14.2. The molecule has 2 aliphatic rings. The van der Waals surface area contributed by atoms with Gasteiger partial charge in [0.15, 0.2) is 11.5 Å². The van der Waals surface area contributed by atoms with E-state index in [1.54, 1.807) is 11.2 Å². The molecule has 1 saturated heterocycles. The van der Waals surface area contributed by atoms with Crippen LogP contribution in [0.1, 0.15) is 45.4 Å².